The van der Waals surface area contributed by atoms with Crippen LogP contribution in [0.15, 0.2) is 109 Å². The highest BCUT2D eigenvalue weighted by Crippen LogP contribution is 2.41. The van der Waals surface area contributed by atoms with Crippen LogP contribution in [0.3, 0.4) is 0 Å². The molecule has 0 atom stereocenters. The SMILES string of the molecule is C1=Cc2c(oc3cc4oc5ccc(-c6ccc7oc8cc9oc%10ccccc%10c9cc8c7c6)cc5c4cc23)CC1. The van der Waals surface area contributed by atoms with Gasteiger partial charge in [-0.3, -0.25) is 0 Å². The molecular formula is C36H20O4. The van der Waals surface area contributed by atoms with Crippen LogP contribution in [-0.4, -0.2) is 0 Å². The number of hydrogen-bond acceptors (Lipinski definition) is 4. The molecule has 4 heterocycles. The Balaban J connectivity index is 1.17. The lowest BCUT2D eigenvalue weighted by atomic mass is 9.99. The first kappa shape index (κ1) is 20.7. The number of aryl methyl sites for hydroxylation is 1. The topological polar surface area (TPSA) is 52.6 Å². The van der Waals surface area contributed by atoms with Crippen molar-refractivity contribution in [2.75, 3.05) is 0 Å². The first-order chi connectivity index (χ1) is 19.8. The van der Waals surface area contributed by atoms with Crippen molar-refractivity contribution in [3.05, 3.63) is 102 Å². The number of benzene rings is 5. The molecule has 0 N–H and O–H groups in total. The number of rotatable bonds is 1. The van der Waals surface area contributed by atoms with Crippen LogP contribution in [0.1, 0.15) is 17.7 Å². The summed E-state index contributed by atoms with van der Waals surface area (Å²) in [6.45, 7) is 0. The molecule has 0 amide bonds. The van der Waals surface area contributed by atoms with E-state index in [1.165, 1.54) is 5.56 Å². The second kappa shape index (κ2) is 7.25. The van der Waals surface area contributed by atoms with Crippen molar-refractivity contribution in [1.82, 2.24) is 0 Å². The van der Waals surface area contributed by atoms with E-state index < -0.39 is 0 Å². The minimum atomic E-state index is 0.830. The molecule has 1 aliphatic carbocycles. The Hall–Kier alpha value is -5.22. The van der Waals surface area contributed by atoms with E-state index in [4.69, 9.17) is 17.7 Å². The van der Waals surface area contributed by atoms with Crippen molar-refractivity contribution in [2.24, 2.45) is 0 Å². The average Bonchev–Trinajstić information content (AvgIpc) is 3.73. The molecular weight excluding hydrogens is 496 g/mol. The Bertz CT molecular complexity index is 2540. The van der Waals surface area contributed by atoms with Crippen molar-refractivity contribution < 1.29 is 17.7 Å². The van der Waals surface area contributed by atoms with Gasteiger partial charge < -0.3 is 17.7 Å². The molecule has 0 aliphatic heterocycles. The Morgan fingerprint density at radius 2 is 0.975 bits per heavy atom. The smallest absolute Gasteiger partial charge is 0.139 e. The molecule has 9 aromatic rings. The summed E-state index contributed by atoms with van der Waals surface area (Å²) in [4.78, 5) is 0. The maximum atomic E-state index is 6.27. The van der Waals surface area contributed by atoms with E-state index in [-0.39, 0.29) is 0 Å². The fraction of sp³-hybridized carbons (Fsp3) is 0.0556. The summed E-state index contributed by atoms with van der Waals surface area (Å²) < 4.78 is 24.8. The predicted octanol–water partition coefficient (Wildman–Crippen LogP) is 10.8. The van der Waals surface area contributed by atoms with Gasteiger partial charge in [-0.25, -0.2) is 0 Å². The van der Waals surface area contributed by atoms with Crippen molar-refractivity contribution in [2.45, 2.75) is 12.8 Å². The van der Waals surface area contributed by atoms with Crippen LogP contribution in [0.5, 0.6) is 0 Å². The van der Waals surface area contributed by atoms with Crippen LogP contribution < -0.4 is 0 Å². The van der Waals surface area contributed by atoms with E-state index >= 15 is 0 Å². The minimum absolute atomic E-state index is 0.830. The van der Waals surface area contributed by atoms with Crippen LogP contribution in [0, 0.1) is 0 Å². The Kier molecular flexibility index (Phi) is 3.75. The molecule has 10 rings (SSSR count). The second-order valence-corrected chi connectivity index (χ2v) is 10.8. The maximum Gasteiger partial charge on any atom is 0.139 e. The summed E-state index contributed by atoms with van der Waals surface area (Å²) in [5.41, 5.74) is 9.51. The van der Waals surface area contributed by atoms with Crippen LogP contribution in [0.2, 0.25) is 0 Å². The molecule has 0 fully saturated rings. The first-order valence-corrected chi connectivity index (χ1v) is 13.6. The van der Waals surface area contributed by atoms with Gasteiger partial charge in [0.2, 0.25) is 0 Å². The van der Waals surface area contributed by atoms with E-state index in [0.29, 0.717) is 0 Å². The number of hydrogen-bond donors (Lipinski definition) is 0. The van der Waals surface area contributed by atoms with Gasteiger partial charge in [0.25, 0.3) is 0 Å². The molecule has 0 saturated carbocycles. The molecule has 0 unspecified atom stereocenters. The molecule has 5 aromatic carbocycles. The van der Waals surface area contributed by atoms with Gasteiger partial charge >= 0.3 is 0 Å². The zero-order chi connectivity index (χ0) is 25.9. The highest BCUT2D eigenvalue weighted by molar-refractivity contribution is 6.16. The van der Waals surface area contributed by atoms with Gasteiger partial charge in [-0.2, -0.15) is 0 Å². The van der Waals surface area contributed by atoms with Gasteiger partial charge in [-0.05, 0) is 60.0 Å². The van der Waals surface area contributed by atoms with Crippen molar-refractivity contribution in [1.29, 1.82) is 0 Å². The van der Waals surface area contributed by atoms with Crippen LogP contribution >= 0.6 is 0 Å². The zero-order valence-electron chi connectivity index (χ0n) is 21.3. The average molecular weight is 517 g/mol. The fourth-order valence-corrected chi connectivity index (χ4v) is 6.58. The molecule has 0 bridgehead atoms. The first-order valence-electron chi connectivity index (χ1n) is 13.6. The molecule has 4 heteroatoms. The molecule has 1 aliphatic rings. The van der Waals surface area contributed by atoms with Gasteiger partial charge in [-0.15, -0.1) is 0 Å². The van der Waals surface area contributed by atoms with Gasteiger partial charge in [0.1, 0.15) is 44.8 Å². The maximum absolute atomic E-state index is 6.27. The zero-order valence-corrected chi connectivity index (χ0v) is 21.3. The lowest BCUT2D eigenvalue weighted by Crippen LogP contribution is -1.88. The molecule has 0 spiro atoms. The molecule has 0 saturated heterocycles. The Morgan fingerprint density at radius 3 is 1.68 bits per heavy atom. The second-order valence-electron chi connectivity index (χ2n) is 10.8. The monoisotopic (exact) mass is 516 g/mol. The lowest BCUT2D eigenvalue weighted by Gasteiger charge is -2.03. The summed E-state index contributed by atoms with van der Waals surface area (Å²) in [5.74, 6) is 1.07. The number of allylic oxidation sites excluding steroid dienone is 1. The molecule has 188 valence electrons. The third-order valence-electron chi connectivity index (χ3n) is 8.52. The van der Waals surface area contributed by atoms with E-state index in [0.717, 1.165) is 107 Å². The standard InChI is InChI=1S/C36H20O4/c1-3-7-29-21(5-1)25-15-27-23-13-19(9-11-31(23)39-35(27)17-33(25)37-29)20-10-12-32-24(14-20)28-16-26-22-6-2-4-8-30(22)38-34(26)18-36(28)40-32/h1-3,5-7,9-18H,4,8H2. The molecule has 4 nitrogen and oxygen atoms in total. The Morgan fingerprint density at radius 1 is 0.425 bits per heavy atom. The largest absolute Gasteiger partial charge is 0.460 e. The van der Waals surface area contributed by atoms with E-state index in [1.54, 1.807) is 0 Å². The van der Waals surface area contributed by atoms with Crippen molar-refractivity contribution in [3.63, 3.8) is 0 Å². The number of para-hydroxylation sites is 1. The lowest BCUT2D eigenvalue weighted by molar-refractivity contribution is 0.546. The highest BCUT2D eigenvalue weighted by Gasteiger charge is 2.18. The van der Waals surface area contributed by atoms with E-state index in [1.807, 2.05) is 30.3 Å². The normalized spacial score (nSPS) is 13.7. The fourth-order valence-electron chi connectivity index (χ4n) is 6.58. The predicted molar refractivity (Wildman–Crippen MR) is 161 cm³/mol. The quantitative estimate of drug-likeness (QED) is 0.218. The van der Waals surface area contributed by atoms with Crippen molar-refractivity contribution in [3.8, 4) is 11.1 Å². The third kappa shape index (κ3) is 2.70. The summed E-state index contributed by atoms with van der Waals surface area (Å²) >= 11 is 0. The number of fused-ring (bicyclic) bond motifs is 12. The van der Waals surface area contributed by atoms with Crippen molar-refractivity contribution >= 4 is 82.9 Å². The molecule has 0 radical (unpaired) electrons. The highest BCUT2D eigenvalue weighted by atomic mass is 16.4. The summed E-state index contributed by atoms with van der Waals surface area (Å²) in [6.07, 6.45) is 6.38. The summed E-state index contributed by atoms with van der Waals surface area (Å²) in [7, 11) is 0. The summed E-state index contributed by atoms with van der Waals surface area (Å²) in [5, 5.41) is 7.76. The molecule has 4 aromatic heterocycles. The van der Waals surface area contributed by atoms with Crippen LogP contribution in [0.4, 0.5) is 0 Å². The minimum Gasteiger partial charge on any atom is -0.460 e. The third-order valence-corrected chi connectivity index (χ3v) is 8.52. The summed E-state index contributed by atoms with van der Waals surface area (Å²) in [6, 6.07) is 29.5. The van der Waals surface area contributed by atoms with E-state index in [9.17, 15) is 0 Å². The van der Waals surface area contributed by atoms with Gasteiger partial charge in [-0.1, -0.05) is 42.5 Å². The van der Waals surface area contributed by atoms with Gasteiger partial charge in [0.15, 0.2) is 0 Å². The van der Waals surface area contributed by atoms with E-state index in [2.05, 4.69) is 66.7 Å². The van der Waals surface area contributed by atoms with Crippen LogP contribution in [-0.2, 0) is 6.42 Å². The van der Waals surface area contributed by atoms with Crippen LogP contribution in [0.25, 0.3) is 94.0 Å². The van der Waals surface area contributed by atoms with Gasteiger partial charge in [0, 0.05) is 61.8 Å². The van der Waals surface area contributed by atoms with Gasteiger partial charge in [0.05, 0.1) is 0 Å². The Labute approximate surface area is 226 Å². The number of furan rings is 4. The molecule has 40 heavy (non-hydrogen) atoms.